The molecule has 0 aliphatic heterocycles. The van der Waals surface area contributed by atoms with Crippen molar-refractivity contribution in [2.45, 2.75) is 32.1 Å². The van der Waals surface area contributed by atoms with Gasteiger partial charge in [0.15, 0.2) is 0 Å². The SMILES string of the molecule is CCC(CNC(=O)CCc1nc2ccccc2[nH]1)c1ccccc1. The van der Waals surface area contributed by atoms with Gasteiger partial charge < -0.3 is 10.3 Å². The summed E-state index contributed by atoms with van der Waals surface area (Å²) in [7, 11) is 0. The molecule has 3 rings (SSSR count). The number of aromatic nitrogens is 2. The van der Waals surface area contributed by atoms with E-state index >= 15 is 0 Å². The fourth-order valence-corrected chi connectivity index (χ4v) is 2.90. The summed E-state index contributed by atoms with van der Waals surface area (Å²) in [5.74, 6) is 1.30. The van der Waals surface area contributed by atoms with E-state index in [4.69, 9.17) is 0 Å². The highest BCUT2D eigenvalue weighted by Gasteiger charge is 2.11. The number of imidazole rings is 1. The number of H-pyrrole nitrogens is 1. The zero-order chi connectivity index (χ0) is 16.8. The quantitative estimate of drug-likeness (QED) is 0.695. The van der Waals surface area contributed by atoms with Gasteiger partial charge in [0.25, 0.3) is 0 Å². The van der Waals surface area contributed by atoms with Crippen LogP contribution in [0.3, 0.4) is 0 Å². The first-order chi connectivity index (χ1) is 11.8. The number of para-hydroxylation sites is 2. The van der Waals surface area contributed by atoms with Crippen LogP contribution in [-0.2, 0) is 11.2 Å². The molecule has 124 valence electrons. The number of aromatic amines is 1. The highest BCUT2D eigenvalue weighted by molar-refractivity contribution is 5.77. The van der Waals surface area contributed by atoms with Crippen molar-refractivity contribution in [3.8, 4) is 0 Å². The molecule has 0 saturated heterocycles. The molecule has 0 spiro atoms. The summed E-state index contributed by atoms with van der Waals surface area (Å²) in [5.41, 5.74) is 3.24. The minimum atomic E-state index is 0.0739. The fourth-order valence-electron chi connectivity index (χ4n) is 2.90. The zero-order valence-electron chi connectivity index (χ0n) is 14.0. The van der Waals surface area contributed by atoms with Crippen LogP contribution in [0.15, 0.2) is 54.6 Å². The smallest absolute Gasteiger partial charge is 0.220 e. The van der Waals surface area contributed by atoms with Gasteiger partial charge >= 0.3 is 0 Å². The summed E-state index contributed by atoms with van der Waals surface area (Å²) in [4.78, 5) is 19.9. The summed E-state index contributed by atoms with van der Waals surface area (Å²) in [6.07, 6.45) is 2.08. The van der Waals surface area contributed by atoms with Crippen LogP contribution in [0.4, 0.5) is 0 Å². The standard InChI is InChI=1S/C20H23N3O/c1-2-15(16-8-4-3-5-9-16)14-21-20(24)13-12-19-22-17-10-6-7-11-18(17)23-19/h3-11,15H,2,12-14H2,1H3,(H,21,24)(H,22,23). The monoisotopic (exact) mass is 321 g/mol. The molecule has 1 aromatic heterocycles. The van der Waals surface area contributed by atoms with E-state index in [1.54, 1.807) is 0 Å². The lowest BCUT2D eigenvalue weighted by Gasteiger charge is -2.16. The number of rotatable bonds is 7. The molecule has 0 saturated carbocycles. The maximum atomic E-state index is 12.1. The van der Waals surface area contributed by atoms with Gasteiger partial charge in [-0.2, -0.15) is 0 Å². The zero-order valence-corrected chi connectivity index (χ0v) is 14.0. The van der Waals surface area contributed by atoms with E-state index in [2.05, 4.69) is 34.3 Å². The molecule has 1 atom stereocenters. The molecule has 2 N–H and O–H groups in total. The van der Waals surface area contributed by atoms with Crippen molar-refractivity contribution in [2.75, 3.05) is 6.54 Å². The molecule has 1 heterocycles. The lowest BCUT2D eigenvalue weighted by molar-refractivity contribution is -0.121. The van der Waals surface area contributed by atoms with E-state index in [1.165, 1.54) is 5.56 Å². The van der Waals surface area contributed by atoms with E-state index in [0.717, 1.165) is 23.3 Å². The Morgan fingerprint density at radius 2 is 1.88 bits per heavy atom. The largest absolute Gasteiger partial charge is 0.355 e. The Bertz CT molecular complexity index is 762. The third-order valence-electron chi connectivity index (χ3n) is 4.34. The Labute approximate surface area is 142 Å². The number of benzene rings is 2. The fraction of sp³-hybridized carbons (Fsp3) is 0.300. The van der Waals surface area contributed by atoms with E-state index in [0.29, 0.717) is 25.3 Å². The minimum Gasteiger partial charge on any atom is -0.355 e. The summed E-state index contributed by atoms with van der Waals surface area (Å²) in [6, 6.07) is 18.3. The molecule has 3 aromatic rings. The van der Waals surface area contributed by atoms with Crippen LogP contribution in [0, 0.1) is 0 Å². The molecule has 4 heteroatoms. The normalized spacial score (nSPS) is 12.2. The van der Waals surface area contributed by atoms with Gasteiger partial charge in [-0.15, -0.1) is 0 Å². The van der Waals surface area contributed by atoms with Gasteiger partial charge in [0.05, 0.1) is 11.0 Å². The number of fused-ring (bicyclic) bond motifs is 1. The molecule has 0 bridgehead atoms. The molecule has 0 aliphatic rings. The molecule has 24 heavy (non-hydrogen) atoms. The number of nitrogens with one attached hydrogen (secondary N) is 2. The van der Waals surface area contributed by atoms with Crippen molar-refractivity contribution >= 4 is 16.9 Å². The third kappa shape index (κ3) is 4.02. The van der Waals surface area contributed by atoms with Crippen molar-refractivity contribution in [1.29, 1.82) is 0 Å². The second-order valence-corrected chi connectivity index (χ2v) is 6.02. The Morgan fingerprint density at radius 3 is 2.62 bits per heavy atom. The first-order valence-corrected chi connectivity index (χ1v) is 8.51. The Balaban J connectivity index is 1.50. The van der Waals surface area contributed by atoms with Crippen LogP contribution in [0.5, 0.6) is 0 Å². The van der Waals surface area contributed by atoms with Crippen molar-refractivity contribution in [1.82, 2.24) is 15.3 Å². The maximum absolute atomic E-state index is 12.1. The van der Waals surface area contributed by atoms with Crippen LogP contribution in [-0.4, -0.2) is 22.4 Å². The Kier molecular flexibility index (Phi) is 5.26. The number of carbonyl (C=O) groups excluding carboxylic acids is 1. The van der Waals surface area contributed by atoms with Crippen LogP contribution in [0.1, 0.15) is 37.1 Å². The molecule has 1 unspecified atom stereocenters. The average molecular weight is 321 g/mol. The van der Waals surface area contributed by atoms with E-state index in [9.17, 15) is 4.79 Å². The van der Waals surface area contributed by atoms with E-state index in [1.807, 2.05) is 42.5 Å². The minimum absolute atomic E-state index is 0.0739. The van der Waals surface area contributed by atoms with Gasteiger partial charge in [-0.3, -0.25) is 4.79 Å². The maximum Gasteiger partial charge on any atom is 0.220 e. The van der Waals surface area contributed by atoms with Crippen LogP contribution in [0.25, 0.3) is 11.0 Å². The second-order valence-electron chi connectivity index (χ2n) is 6.02. The Morgan fingerprint density at radius 1 is 1.12 bits per heavy atom. The number of hydrogen-bond acceptors (Lipinski definition) is 2. The summed E-state index contributed by atoms with van der Waals surface area (Å²) < 4.78 is 0. The van der Waals surface area contributed by atoms with Gasteiger partial charge in [-0.1, -0.05) is 49.4 Å². The number of aryl methyl sites for hydroxylation is 1. The van der Waals surface area contributed by atoms with Gasteiger partial charge in [0.1, 0.15) is 5.82 Å². The van der Waals surface area contributed by atoms with E-state index < -0.39 is 0 Å². The predicted molar refractivity (Wildman–Crippen MR) is 96.9 cm³/mol. The molecule has 0 fully saturated rings. The molecule has 0 aliphatic carbocycles. The van der Waals surface area contributed by atoms with Crippen LogP contribution in [0.2, 0.25) is 0 Å². The molecular weight excluding hydrogens is 298 g/mol. The summed E-state index contributed by atoms with van der Waals surface area (Å²) in [5, 5.41) is 3.06. The van der Waals surface area contributed by atoms with E-state index in [-0.39, 0.29) is 5.91 Å². The lowest BCUT2D eigenvalue weighted by atomic mass is 9.96. The highest BCUT2D eigenvalue weighted by atomic mass is 16.1. The average Bonchev–Trinajstić information content (AvgIpc) is 3.04. The van der Waals surface area contributed by atoms with Crippen LogP contribution >= 0.6 is 0 Å². The van der Waals surface area contributed by atoms with Gasteiger partial charge in [-0.25, -0.2) is 4.98 Å². The number of carbonyl (C=O) groups is 1. The first-order valence-electron chi connectivity index (χ1n) is 8.51. The number of hydrogen-bond donors (Lipinski definition) is 2. The van der Waals surface area contributed by atoms with Gasteiger partial charge in [-0.05, 0) is 24.1 Å². The van der Waals surface area contributed by atoms with Crippen LogP contribution < -0.4 is 5.32 Å². The highest BCUT2D eigenvalue weighted by Crippen LogP contribution is 2.18. The van der Waals surface area contributed by atoms with Crippen molar-refractivity contribution in [3.05, 3.63) is 66.0 Å². The molecular formula is C20H23N3O. The Hall–Kier alpha value is -2.62. The summed E-state index contributed by atoms with van der Waals surface area (Å²) in [6.45, 7) is 2.83. The number of amides is 1. The third-order valence-corrected chi connectivity index (χ3v) is 4.34. The molecule has 1 amide bonds. The molecule has 0 radical (unpaired) electrons. The topological polar surface area (TPSA) is 57.8 Å². The first kappa shape index (κ1) is 16.2. The van der Waals surface area contributed by atoms with Crippen molar-refractivity contribution in [2.24, 2.45) is 0 Å². The number of nitrogens with zero attached hydrogens (tertiary/aromatic N) is 1. The second kappa shape index (κ2) is 7.77. The van der Waals surface area contributed by atoms with Gasteiger partial charge in [0, 0.05) is 25.3 Å². The van der Waals surface area contributed by atoms with Gasteiger partial charge in [0.2, 0.25) is 5.91 Å². The van der Waals surface area contributed by atoms with Crippen molar-refractivity contribution in [3.63, 3.8) is 0 Å². The lowest BCUT2D eigenvalue weighted by Crippen LogP contribution is -2.28. The summed E-state index contributed by atoms with van der Waals surface area (Å²) >= 11 is 0. The predicted octanol–water partition coefficient (Wildman–Crippen LogP) is 3.81. The molecule has 2 aromatic carbocycles. The van der Waals surface area contributed by atoms with Crippen molar-refractivity contribution < 1.29 is 4.79 Å². The molecule has 4 nitrogen and oxygen atoms in total.